The van der Waals surface area contributed by atoms with Crippen molar-refractivity contribution in [3.63, 3.8) is 0 Å². The lowest BCUT2D eigenvalue weighted by molar-refractivity contribution is -0.197. The topological polar surface area (TPSA) is 118 Å². The maximum Gasteiger partial charge on any atom is 0.333 e. The van der Waals surface area contributed by atoms with Crippen LogP contribution in [0.15, 0.2) is 10.2 Å². The molecule has 9 heteroatoms. The predicted molar refractivity (Wildman–Crippen MR) is 81.2 cm³/mol. The van der Waals surface area contributed by atoms with Gasteiger partial charge in [0, 0.05) is 38.6 Å². The molecular formula is C15H22N4O5. The van der Waals surface area contributed by atoms with Gasteiger partial charge in [0.15, 0.2) is 5.66 Å². The Morgan fingerprint density at radius 2 is 1.79 bits per heavy atom. The number of carbonyl (C=O) groups is 4. The van der Waals surface area contributed by atoms with Crippen molar-refractivity contribution in [1.29, 1.82) is 0 Å². The van der Waals surface area contributed by atoms with Gasteiger partial charge in [-0.1, -0.05) is 6.42 Å². The van der Waals surface area contributed by atoms with Gasteiger partial charge in [-0.05, 0) is 19.8 Å². The quantitative estimate of drug-likeness (QED) is 0.475. The fourth-order valence-electron chi connectivity index (χ4n) is 2.23. The first kappa shape index (κ1) is 18.0. The molecule has 0 saturated carbocycles. The highest BCUT2D eigenvalue weighted by Crippen LogP contribution is 2.31. The molecule has 1 N–H and O–H groups in total. The van der Waals surface area contributed by atoms with Gasteiger partial charge in [0.2, 0.25) is 5.91 Å². The van der Waals surface area contributed by atoms with E-state index in [1.54, 1.807) is 0 Å². The average Bonchev–Trinajstić information content (AvgIpc) is 3.21. The van der Waals surface area contributed by atoms with E-state index in [9.17, 15) is 19.2 Å². The first-order valence-corrected chi connectivity index (χ1v) is 8.17. The van der Waals surface area contributed by atoms with Crippen LogP contribution < -0.4 is 5.32 Å². The first-order valence-electron chi connectivity index (χ1n) is 8.17. The van der Waals surface area contributed by atoms with Crippen molar-refractivity contribution in [3.05, 3.63) is 0 Å². The lowest BCUT2D eigenvalue weighted by Crippen LogP contribution is -2.32. The summed E-state index contributed by atoms with van der Waals surface area (Å²) < 4.78 is 0. The van der Waals surface area contributed by atoms with Gasteiger partial charge in [-0.25, -0.2) is 4.79 Å². The van der Waals surface area contributed by atoms with Crippen LogP contribution in [0.1, 0.15) is 58.3 Å². The van der Waals surface area contributed by atoms with Crippen LogP contribution in [-0.2, 0) is 24.0 Å². The summed E-state index contributed by atoms with van der Waals surface area (Å²) in [6.07, 6.45) is 3.38. The second-order valence-corrected chi connectivity index (χ2v) is 6.12. The van der Waals surface area contributed by atoms with E-state index in [0.717, 1.165) is 12.8 Å². The van der Waals surface area contributed by atoms with Crippen LogP contribution in [-0.4, -0.2) is 41.0 Å². The summed E-state index contributed by atoms with van der Waals surface area (Å²) in [5, 5.41) is 11.1. The Morgan fingerprint density at radius 1 is 1.12 bits per heavy atom. The summed E-state index contributed by atoms with van der Waals surface area (Å²) in [5.74, 6) is -1.57. The van der Waals surface area contributed by atoms with Crippen molar-refractivity contribution in [2.45, 2.75) is 64.0 Å². The molecule has 24 heavy (non-hydrogen) atoms. The molecule has 1 saturated heterocycles. The minimum absolute atomic E-state index is 0.0287. The third-order valence-corrected chi connectivity index (χ3v) is 3.85. The third-order valence-electron chi connectivity index (χ3n) is 3.85. The molecule has 0 unspecified atom stereocenters. The minimum atomic E-state index is -0.590. The molecule has 132 valence electrons. The molecule has 0 bridgehead atoms. The van der Waals surface area contributed by atoms with Crippen LogP contribution in [0.25, 0.3) is 0 Å². The molecule has 2 aliphatic rings. The zero-order valence-electron chi connectivity index (χ0n) is 13.7. The highest BCUT2D eigenvalue weighted by Gasteiger charge is 2.34. The molecule has 0 aromatic heterocycles. The second kappa shape index (κ2) is 7.98. The highest BCUT2D eigenvalue weighted by atomic mass is 16.7. The van der Waals surface area contributed by atoms with E-state index >= 15 is 0 Å². The van der Waals surface area contributed by atoms with E-state index < -0.39 is 17.8 Å². The van der Waals surface area contributed by atoms with Crippen molar-refractivity contribution in [2.24, 2.45) is 10.2 Å². The molecule has 1 fully saturated rings. The van der Waals surface area contributed by atoms with E-state index in [2.05, 4.69) is 15.5 Å². The minimum Gasteiger partial charge on any atom is -0.356 e. The van der Waals surface area contributed by atoms with Crippen LogP contribution >= 0.6 is 0 Å². The number of rotatable bonds is 10. The molecular weight excluding hydrogens is 316 g/mol. The summed E-state index contributed by atoms with van der Waals surface area (Å²) >= 11 is 0. The molecule has 2 heterocycles. The summed E-state index contributed by atoms with van der Waals surface area (Å²) in [6, 6.07) is 0. The lowest BCUT2D eigenvalue weighted by Gasteiger charge is -2.12. The number of amides is 3. The highest BCUT2D eigenvalue weighted by molar-refractivity contribution is 6.01. The van der Waals surface area contributed by atoms with Crippen molar-refractivity contribution in [3.8, 4) is 0 Å². The number of imide groups is 1. The third kappa shape index (κ3) is 5.71. The number of carbonyl (C=O) groups excluding carboxylic acids is 4. The van der Waals surface area contributed by atoms with Crippen LogP contribution in [0.4, 0.5) is 0 Å². The van der Waals surface area contributed by atoms with Gasteiger partial charge in [-0.15, -0.1) is 5.06 Å². The van der Waals surface area contributed by atoms with Crippen molar-refractivity contribution in [2.75, 3.05) is 6.54 Å². The van der Waals surface area contributed by atoms with Gasteiger partial charge >= 0.3 is 5.97 Å². The molecule has 0 aromatic rings. The van der Waals surface area contributed by atoms with E-state index in [1.165, 1.54) is 0 Å². The Bertz CT molecular complexity index is 538. The zero-order chi connectivity index (χ0) is 17.6. The van der Waals surface area contributed by atoms with Crippen molar-refractivity contribution < 1.29 is 24.0 Å². The summed E-state index contributed by atoms with van der Waals surface area (Å²) in [7, 11) is 0. The monoisotopic (exact) mass is 338 g/mol. The average molecular weight is 338 g/mol. The van der Waals surface area contributed by atoms with Gasteiger partial charge in [0.25, 0.3) is 11.8 Å². The predicted octanol–water partition coefficient (Wildman–Crippen LogP) is 1.23. The molecule has 0 radical (unpaired) electrons. The SMILES string of the molecule is CC1(CCC(=O)NCCCCCC(=O)ON2C(=O)CCC2=O)N=N1. The maximum absolute atomic E-state index is 11.6. The number of hydrogen-bond donors (Lipinski definition) is 1. The van der Waals surface area contributed by atoms with Gasteiger partial charge in [-0.2, -0.15) is 10.2 Å². The molecule has 0 aliphatic carbocycles. The van der Waals surface area contributed by atoms with Crippen LogP contribution in [0.5, 0.6) is 0 Å². The zero-order valence-corrected chi connectivity index (χ0v) is 13.7. The van der Waals surface area contributed by atoms with E-state index in [-0.39, 0.29) is 30.8 Å². The first-order chi connectivity index (χ1) is 11.4. The largest absolute Gasteiger partial charge is 0.356 e. The molecule has 3 amide bonds. The summed E-state index contributed by atoms with van der Waals surface area (Å²) in [4.78, 5) is 50.5. The molecule has 2 rings (SSSR count). The van der Waals surface area contributed by atoms with Crippen molar-refractivity contribution in [1.82, 2.24) is 10.4 Å². The lowest BCUT2D eigenvalue weighted by atomic mass is 10.1. The van der Waals surface area contributed by atoms with E-state index in [4.69, 9.17) is 4.84 Å². The van der Waals surface area contributed by atoms with E-state index in [0.29, 0.717) is 30.9 Å². The Labute approximate surface area is 139 Å². The number of hydroxylamine groups is 2. The molecule has 2 aliphatic heterocycles. The molecule has 0 atom stereocenters. The van der Waals surface area contributed by atoms with Crippen LogP contribution in [0, 0.1) is 0 Å². The summed E-state index contributed by atoms with van der Waals surface area (Å²) in [5.41, 5.74) is -0.351. The number of unbranched alkanes of at least 4 members (excludes halogenated alkanes) is 2. The fourth-order valence-corrected chi connectivity index (χ4v) is 2.23. The normalized spacial score (nSPS) is 18.0. The number of nitrogens with one attached hydrogen (secondary N) is 1. The number of nitrogens with zero attached hydrogens (tertiary/aromatic N) is 3. The second-order valence-electron chi connectivity index (χ2n) is 6.12. The standard InChI is InChI=1S/C15H22N4O5/c1-15(17-18-15)9-8-11(20)16-10-4-2-3-5-14(23)24-19-12(21)6-7-13(19)22/h2-10H2,1H3,(H,16,20). The van der Waals surface area contributed by atoms with Crippen LogP contribution in [0.3, 0.4) is 0 Å². The molecule has 0 aromatic carbocycles. The molecule has 9 nitrogen and oxygen atoms in total. The van der Waals surface area contributed by atoms with Crippen molar-refractivity contribution >= 4 is 23.7 Å². The van der Waals surface area contributed by atoms with Crippen LogP contribution in [0.2, 0.25) is 0 Å². The maximum atomic E-state index is 11.6. The van der Waals surface area contributed by atoms with Gasteiger partial charge in [0.05, 0.1) is 0 Å². The van der Waals surface area contributed by atoms with Gasteiger partial charge < -0.3 is 10.2 Å². The Balaban J connectivity index is 1.46. The Morgan fingerprint density at radius 3 is 2.42 bits per heavy atom. The van der Waals surface area contributed by atoms with Gasteiger partial charge in [0.1, 0.15) is 0 Å². The molecule has 0 spiro atoms. The number of hydrogen-bond acceptors (Lipinski definition) is 7. The Hall–Kier alpha value is -2.32. The summed E-state index contributed by atoms with van der Waals surface area (Å²) in [6.45, 7) is 2.42. The Kier molecular flexibility index (Phi) is 5.99. The smallest absolute Gasteiger partial charge is 0.333 e. The van der Waals surface area contributed by atoms with E-state index in [1.807, 2.05) is 6.92 Å². The fraction of sp³-hybridized carbons (Fsp3) is 0.733. The van der Waals surface area contributed by atoms with Gasteiger partial charge in [-0.3, -0.25) is 14.4 Å².